The fourth-order valence-electron chi connectivity index (χ4n) is 1.98. The van der Waals surface area contributed by atoms with E-state index in [1.165, 1.54) is 0 Å². The summed E-state index contributed by atoms with van der Waals surface area (Å²) in [4.78, 5) is 11.9. The van der Waals surface area contributed by atoms with Crippen LogP contribution in [0.3, 0.4) is 0 Å². The van der Waals surface area contributed by atoms with E-state index in [4.69, 9.17) is 11.6 Å². The average molecular weight is 288 g/mol. The van der Waals surface area contributed by atoms with Crippen LogP contribution in [0, 0.1) is 12.8 Å². The smallest absolute Gasteiger partial charge is 0.228 e. The zero-order chi connectivity index (χ0) is 13.3. The van der Waals surface area contributed by atoms with Crippen LogP contribution < -0.4 is 5.32 Å². The molecule has 0 aromatic heterocycles. The zero-order valence-electron chi connectivity index (χ0n) is 9.94. The first kappa shape index (κ1) is 13.4. The summed E-state index contributed by atoms with van der Waals surface area (Å²) in [6.07, 6.45) is 0.397. The van der Waals surface area contributed by atoms with Gasteiger partial charge in [-0.25, -0.2) is 8.42 Å². The highest BCUT2D eigenvalue weighted by Crippen LogP contribution is 2.25. The predicted octanol–water partition coefficient (Wildman–Crippen LogP) is 2.02. The van der Waals surface area contributed by atoms with Crippen molar-refractivity contribution in [2.24, 2.45) is 5.92 Å². The van der Waals surface area contributed by atoms with E-state index in [0.717, 1.165) is 5.56 Å². The van der Waals surface area contributed by atoms with Crippen LogP contribution in [0.5, 0.6) is 0 Å². The average Bonchev–Trinajstić information content (AvgIpc) is 2.65. The Balaban J connectivity index is 2.11. The van der Waals surface area contributed by atoms with Crippen molar-refractivity contribution in [3.63, 3.8) is 0 Å². The Morgan fingerprint density at radius 1 is 1.44 bits per heavy atom. The third-order valence-electron chi connectivity index (χ3n) is 3.13. The Hall–Kier alpha value is -1.07. The van der Waals surface area contributed by atoms with E-state index >= 15 is 0 Å². The zero-order valence-corrected chi connectivity index (χ0v) is 11.5. The number of carbonyl (C=O) groups is 1. The molecule has 0 radical (unpaired) electrons. The number of benzene rings is 1. The predicted molar refractivity (Wildman–Crippen MR) is 71.6 cm³/mol. The number of anilines is 1. The number of halogens is 1. The summed E-state index contributed by atoms with van der Waals surface area (Å²) < 4.78 is 22.6. The van der Waals surface area contributed by atoms with E-state index in [2.05, 4.69) is 5.32 Å². The SMILES string of the molecule is Cc1c(Cl)cccc1NC(=O)[C@H]1CCS(=O)(=O)C1. The summed E-state index contributed by atoms with van der Waals surface area (Å²) in [5.74, 6) is -0.659. The van der Waals surface area contributed by atoms with E-state index < -0.39 is 15.8 Å². The van der Waals surface area contributed by atoms with Gasteiger partial charge in [0.2, 0.25) is 5.91 Å². The lowest BCUT2D eigenvalue weighted by molar-refractivity contribution is -0.119. The van der Waals surface area contributed by atoms with Crippen molar-refractivity contribution in [1.29, 1.82) is 0 Å². The quantitative estimate of drug-likeness (QED) is 0.905. The molecule has 1 N–H and O–H groups in total. The van der Waals surface area contributed by atoms with Crippen molar-refractivity contribution in [1.82, 2.24) is 0 Å². The summed E-state index contributed by atoms with van der Waals surface area (Å²) in [5, 5.41) is 3.32. The molecule has 18 heavy (non-hydrogen) atoms. The molecule has 1 aromatic rings. The minimum Gasteiger partial charge on any atom is -0.326 e. The minimum atomic E-state index is -3.04. The van der Waals surface area contributed by atoms with Crippen LogP contribution in [0.4, 0.5) is 5.69 Å². The molecule has 2 rings (SSSR count). The van der Waals surface area contributed by atoms with Crippen LogP contribution in [-0.2, 0) is 14.6 Å². The summed E-state index contributed by atoms with van der Waals surface area (Å²) in [6, 6.07) is 5.24. The van der Waals surface area contributed by atoms with E-state index in [1.54, 1.807) is 18.2 Å². The van der Waals surface area contributed by atoms with E-state index in [-0.39, 0.29) is 17.4 Å². The van der Waals surface area contributed by atoms with Gasteiger partial charge in [-0.2, -0.15) is 0 Å². The normalized spacial score (nSPS) is 21.8. The van der Waals surface area contributed by atoms with Crippen molar-refractivity contribution in [2.45, 2.75) is 13.3 Å². The Bertz CT molecular complexity index is 583. The monoisotopic (exact) mass is 287 g/mol. The largest absolute Gasteiger partial charge is 0.326 e. The highest BCUT2D eigenvalue weighted by molar-refractivity contribution is 7.91. The molecule has 1 aliphatic heterocycles. The maximum absolute atomic E-state index is 11.9. The summed E-state index contributed by atoms with van der Waals surface area (Å²) in [5.41, 5.74) is 1.42. The van der Waals surface area contributed by atoms with Gasteiger partial charge in [0.25, 0.3) is 0 Å². The van der Waals surface area contributed by atoms with Crippen LogP contribution in [0.1, 0.15) is 12.0 Å². The number of amides is 1. The van der Waals surface area contributed by atoms with Crippen LogP contribution in [0.2, 0.25) is 5.02 Å². The molecule has 98 valence electrons. The van der Waals surface area contributed by atoms with Gasteiger partial charge in [-0.1, -0.05) is 17.7 Å². The molecule has 1 aliphatic rings. The highest BCUT2D eigenvalue weighted by Gasteiger charge is 2.33. The number of nitrogens with one attached hydrogen (secondary N) is 1. The molecule has 0 aliphatic carbocycles. The van der Waals surface area contributed by atoms with Crippen molar-refractivity contribution in [3.05, 3.63) is 28.8 Å². The first-order valence-corrected chi connectivity index (χ1v) is 7.85. The molecule has 0 saturated carbocycles. The maximum atomic E-state index is 11.9. The lowest BCUT2D eigenvalue weighted by Crippen LogP contribution is -2.24. The second kappa shape index (κ2) is 4.90. The second-order valence-electron chi connectivity index (χ2n) is 4.50. The minimum absolute atomic E-state index is 0.0571. The summed E-state index contributed by atoms with van der Waals surface area (Å²) >= 11 is 5.96. The number of rotatable bonds is 2. The highest BCUT2D eigenvalue weighted by atomic mass is 35.5. The number of hydrogen-bond donors (Lipinski definition) is 1. The third kappa shape index (κ3) is 2.84. The molecule has 1 saturated heterocycles. The molecule has 1 amide bonds. The molecule has 0 spiro atoms. The third-order valence-corrected chi connectivity index (χ3v) is 5.31. The molecule has 4 nitrogen and oxygen atoms in total. The second-order valence-corrected chi connectivity index (χ2v) is 7.14. The van der Waals surface area contributed by atoms with Gasteiger partial charge in [-0.05, 0) is 31.0 Å². The molecule has 6 heteroatoms. The first-order valence-electron chi connectivity index (χ1n) is 5.65. The number of hydrogen-bond acceptors (Lipinski definition) is 3. The van der Waals surface area contributed by atoms with Gasteiger partial charge in [0.1, 0.15) is 0 Å². The standard InChI is InChI=1S/C12H14ClNO3S/c1-8-10(13)3-2-4-11(8)14-12(15)9-5-6-18(16,17)7-9/h2-4,9H,5-7H2,1H3,(H,14,15)/t9-/m0/s1. The Morgan fingerprint density at radius 3 is 2.78 bits per heavy atom. The molecule has 1 heterocycles. The lowest BCUT2D eigenvalue weighted by Gasteiger charge is -2.12. The topological polar surface area (TPSA) is 63.2 Å². The van der Waals surface area contributed by atoms with E-state index in [0.29, 0.717) is 17.1 Å². The molecular formula is C12H14ClNO3S. The van der Waals surface area contributed by atoms with Crippen LogP contribution in [-0.4, -0.2) is 25.8 Å². The van der Waals surface area contributed by atoms with Gasteiger partial charge in [0.15, 0.2) is 9.84 Å². The van der Waals surface area contributed by atoms with Crippen molar-refractivity contribution in [2.75, 3.05) is 16.8 Å². The molecule has 1 fully saturated rings. The van der Waals surface area contributed by atoms with Crippen molar-refractivity contribution in [3.8, 4) is 0 Å². The van der Waals surface area contributed by atoms with E-state index in [1.807, 2.05) is 6.92 Å². The van der Waals surface area contributed by atoms with Gasteiger partial charge in [0, 0.05) is 10.7 Å². The number of sulfone groups is 1. The van der Waals surface area contributed by atoms with Crippen LogP contribution >= 0.6 is 11.6 Å². The van der Waals surface area contributed by atoms with Crippen LogP contribution in [0.15, 0.2) is 18.2 Å². The Morgan fingerprint density at radius 2 is 2.17 bits per heavy atom. The van der Waals surface area contributed by atoms with Gasteiger partial charge >= 0.3 is 0 Å². The maximum Gasteiger partial charge on any atom is 0.228 e. The van der Waals surface area contributed by atoms with E-state index in [9.17, 15) is 13.2 Å². The summed E-state index contributed by atoms with van der Waals surface area (Å²) in [7, 11) is -3.04. The fourth-order valence-corrected chi connectivity index (χ4v) is 3.90. The Labute approximate surface area is 111 Å². The molecular weight excluding hydrogens is 274 g/mol. The van der Waals surface area contributed by atoms with Crippen molar-refractivity contribution < 1.29 is 13.2 Å². The van der Waals surface area contributed by atoms with Crippen molar-refractivity contribution >= 4 is 33.0 Å². The van der Waals surface area contributed by atoms with Gasteiger partial charge in [-0.3, -0.25) is 4.79 Å². The summed E-state index contributed by atoms with van der Waals surface area (Å²) in [6.45, 7) is 1.81. The molecule has 0 bridgehead atoms. The van der Waals surface area contributed by atoms with Crippen LogP contribution in [0.25, 0.3) is 0 Å². The molecule has 1 atom stereocenters. The number of carbonyl (C=O) groups excluding carboxylic acids is 1. The van der Waals surface area contributed by atoms with Gasteiger partial charge < -0.3 is 5.32 Å². The first-order chi connectivity index (χ1) is 8.39. The lowest BCUT2D eigenvalue weighted by atomic mass is 10.1. The molecule has 1 aromatic carbocycles. The van der Waals surface area contributed by atoms with Gasteiger partial charge in [-0.15, -0.1) is 0 Å². The fraction of sp³-hybridized carbons (Fsp3) is 0.417. The molecule has 0 unspecified atom stereocenters. The Kier molecular flexibility index (Phi) is 3.64. The van der Waals surface area contributed by atoms with Gasteiger partial charge in [0.05, 0.1) is 17.4 Å².